The minimum atomic E-state index is -3.63. The monoisotopic (exact) mass is 475 g/mol. The van der Waals surface area contributed by atoms with Crippen molar-refractivity contribution in [2.45, 2.75) is 23.8 Å². The number of benzene rings is 3. The molecule has 1 aromatic heterocycles. The van der Waals surface area contributed by atoms with E-state index in [0.29, 0.717) is 47.3 Å². The number of furan rings is 1. The van der Waals surface area contributed by atoms with Crippen molar-refractivity contribution >= 4 is 55.2 Å². The summed E-state index contributed by atoms with van der Waals surface area (Å²) in [5.41, 5.74) is 1.41. The molecule has 3 aromatic carbocycles. The van der Waals surface area contributed by atoms with Gasteiger partial charge in [-0.25, -0.2) is 8.42 Å². The lowest BCUT2D eigenvalue weighted by Crippen LogP contribution is -2.41. The Bertz CT molecular complexity index is 1350. The number of rotatable bonds is 4. The van der Waals surface area contributed by atoms with E-state index in [1.54, 1.807) is 36.4 Å². The summed E-state index contributed by atoms with van der Waals surface area (Å²) >= 11 is 12.4. The number of nitrogens with zero attached hydrogens (tertiary/aromatic N) is 1. The number of ether oxygens (including phenoxy) is 1. The number of sulfonamides is 1. The van der Waals surface area contributed by atoms with E-state index in [4.69, 9.17) is 32.4 Å². The molecule has 0 unspecified atom stereocenters. The molecule has 0 spiro atoms. The summed E-state index contributed by atoms with van der Waals surface area (Å²) in [5, 5.41) is 2.59. The maximum Gasteiger partial charge on any atom is 0.243 e. The maximum absolute atomic E-state index is 13.3. The first kappa shape index (κ1) is 20.6. The van der Waals surface area contributed by atoms with Crippen molar-refractivity contribution in [2.24, 2.45) is 0 Å². The lowest BCUT2D eigenvalue weighted by atomic mass is 10.1. The number of hydrogen-bond acceptors (Lipinski definition) is 4. The Kier molecular flexibility index (Phi) is 5.34. The van der Waals surface area contributed by atoms with Crippen molar-refractivity contribution in [3.8, 4) is 5.75 Å². The Morgan fingerprint density at radius 1 is 0.871 bits per heavy atom. The van der Waals surface area contributed by atoms with Crippen LogP contribution in [0.3, 0.4) is 0 Å². The van der Waals surface area contributed by atoms with Crippen LogP contribution in [0.25, 0.3) is 21.9 Å². The molecule has 0 N–H and O–H groups in total. The zero-order valence-corrected chi connectivity index (χ0v) is 18.8. The van der Waals surface area contributed by atoms with Gasteiger partial charge in [-0.3, -0.25) is 0 Å². The SMILES string of the molecule is O=S(=O)(c1ccc2oc3ccccc3c2c1)N1CCC(Oc2c(Cl)cccc2Cl)CC1. The van der Waals surface area contributed by atoms with E-state index in [0.717, 1.165) is 16.4 Å². The third-order valence-corrected chi connectivity index (χ3v) is 8.08. The Morgan fingerprint density at radius 2 is 1.55 bits per heavy atom. The van der Waals surface area contributed by atoms with Gasteiger partial charge in [0.05, 0.1) is 14.9 Å². The average molecular weight is 476 g/mol. The first-order valence-electron chi connectivity index (χ1n) is 9.95. The van der Waals surface area contributed by atoms with Crippen molar-refractivity contribution in [3.05, 3.63) is 70.7 Å². The molecule has 1 fully saturated rings. The zero-order valence-electron chi connectivity index (χ0n) is 16.4. The highest BCUT2D eigenvalue weighted by Crippen LogP contribution is 2.35. The molecule has 160 valence electrons. The molecule has 0 bridgehead atoms. The minimum absolute atomic E-state index is 0.149. The third-order valence-electron chi connectivity index (χ3n) is 5.59. The van der Waals surface area contributed by atoms with Crippen LogP contribution in [0.1, 0.15) is 12.8 Å². The molecule has 1 aliphatic rings. The van der Waals surface area contributed by atoms with Gasteiger partial charge in [-0.15, -0.1) is 0 Å². The molecule has 0 saturated carbocycles. The van der Waals surface area contributed by atoms with Gasteiger partial charge >= 0.3 is 0 Å². The van der Waals surface area contributed by atoms with Crippen LogP contribution < -0.4 is 4.74 Å². The first-order valence-corrected chi connectivity index (χ1v) is 12.2. The smallest absolute Gasteiger partial charge is 0.243 e. The summed E-state index contributed by atoms with van der Waals surface area (Å²) in [4.78, 5) is 0.264. The van der Waals surface area contributed by atoms with Gasteiger partial charge in [-0.2, -0.15) is 4.31 Å². The molecule has 2 heterocycles. The third kappa shape index (κ3) is 3.78. The molecule has 1 saturated heterocycles. The zero-order chi connectivity index (χ0) is 21.6. The predicted molar refractivity (Wildman–Crippen MR) is 123 cm³/mol. The van der Waals surface area contributed by atoms with Crippen molar-refractivity contribution < 1.29 is 17.6 Å². The molecule has 0 radical (unpaired) electrons. The van der Waals surface area contributed by atoms with Crippen LogP contribution in [0.2, 0.25) is 10.0 Å². The largest absolute Gasteiger partial charge is 0.487 e. The van der Waals surface area contributed by atoms with Crippen molar-refractivity contribution in [2.75, 3.05) is 13.1 Å². The lowest BCUT2D eigenvalue weighted by molar-refractivity contribution is 0.135. The van der Waals surface area contributed by atoms with Gasteiger partial charge in [0.15, 0.2) is 5.75 Å². The van der Waals surface area contributed by atoms with Gasteiger partial charge in [0.2, 0.25) is 10.0 Å². The quantitative estimate of drug-likeness (QED) is 0.356. The predicted octanol–water partition coefficient (Wildman–Crippen LogP) is 6.12. The van der Waals surface area contributed by atoms with Gasteiger partial charge in [-0.1, -0.05) is 47.5 Å². The fraction of sp³-hybridized carbons (Fsp3) is 0.217. The number of para-hydroxylation sites is 2. The van der Waals surface area contributed by atoms with E-state index in [2.05, 4.69) is 0 Å². The van der Waals surface area contributed by atoms with Crippen LogP contribution in [0.15, 0.2) is 70.0 Å². The van der Waals surface area contributed by atoms with Crippen LogP contribution >= 0.6 is 23.2 Å². The van der Waals surface area contributed by atoms with E-state index in [1.165, 1.54) is 4.31 Å². The molecular formula is C23H19Cl2NO4S. The van der Waals surface area contributed by atoms with Crippen molar-refractivity contribution in [1.82, 2.24) is 4.31 Å². The minimum Gasteiger partial charge on any atom is -0.487 e. The maximum atomic E-state index is 13.3. The summed E-state index contributed by atoms with van der Waals surface area (Å²) in [5.74, 6) is 0.449. The molecule has 0 aliphatic carbocycles. The van der Waals surface area contributed by atoms with E-state index >= 15 is 0 Å². The Morgan fingerprint density at radius 3 is 2.29 bits per heavy atom. The second-order valence-electron chi connectivity index (χ2n) is 7.53. The number of halogens is 2. The standard InChI is InChI=1S/C23H19Cl2NO4S/c24-19-5-3-6-20(25)23(19)29-15-10-12-26(13-11-15)31(27,28)16-8-9-22-18(14-16)17-4-1-2-7-21(17)30-22/h1-9,14-15H,10-13H2. The number of fused-ring (bicyclic) bond motifs is 3. The molecule has 0 atom stereocenters. The van der Waals surface area contributed by atoms with Crippen LogP contribution in [0.4, 0.5) is 0 Å². The molecular weight excluding hydrogens is 457 g/mol. The molecule has 1 aliphatic heterocycles. The summed E-state index contributed by atoms with van der Waals surface area (Å²) in [6.07, 6.45) is 0.958. The van der Waals surface area contributed by atoms with E-state index < -0.39 is 10.0 Å². The summed E-state index contributed by atoms with van der Waals surface area (Å²) in [6, 6.07) is 17.8. The highest BCUT2D eigenvalue weighted by Gasteiger charge is 2.31. The second kappa shape index (κ2) is 8.02. The Balaban J connectivity index is 1.35. The van der Waals surface area contributed by atoms with Crippen LogP contribution in [0.5, 0.6) is 5.75 Å². The second-order valence-corrected chi connectivity index (χ2v) is 10.3. The fourth-order valence-corrected chi connectivity index (χ4v) is 5.95. The van der Waals surface area contributed by atoms with Crippen LogP contribution in [-0.4, -0.2) is 31.9 Å². The van der Waals surface area contributed by atoms with Gasteiger partial charge < -0.3 is 9.15 Å². The highest BCUT2D eigenvalue weighted by atomic mass is 35.5. The molecule has 5 nitrogen and oxygen atoms in total. The molecule has 0 amide bonds. The van der Waals surface area contributed by atoms with Crippen molar-refractivity contribution in [1.29, 1.82) is 0 Å². The van der Waals surface area contributed by atoms with Gasteiger partial charge in [0.1, 0.15) is 17.3 Å². The van der Waals surface area contributed by atoms with Gasteiger partial charge in [0, 0.05) is 23.9 Å². The Labute approximate surface area is 190 Å². The molecule has 4 aromatic rings. The normalized spacial score (nSPS) is 16.2. The summed E-state index contributed by atoms with van der Waals surface area (Å²) in [7, 11) is -3.63. The van der Waals surface area contributed by atoms with Gasteiger partial charge in [-0.05, 0) is 49.2 Å². The molecule has 31 heavy (non-hydrogen) atoms. The summed E-state index contributed by atoms with van der Waals surface area (Å²) < 4.78 is 39.8. The van der Waals surface area contributed by atoms with Crippen molar-refractivity contribution in [3.63, 3.8) is 0 Å². The average Bonchev–Trinajstić information content (AvgIpc) is 3.15. The topological polar surface area (TPSA) is 59.8 Å². The lowest BCUT2D eigenvalue weighted by Gasteiger charge is -2.31. The first-order chi connectivity index (χ1) is 14.9. The molecule has 5 rings (SSSR count). The van der Waals surface area contributed by atoms with E-state index in [1.807, 2.05) is 24.3 Å². The highest BCUT2D eigenvalue weighted by molar-refractivity contribution is 7.89. The number of piperidine rings is 1. The van der Waals surface area contributed by atoms with E-state index in [-0.39, 0.29) is 11.0 Å². The summed E-state index contributed by atoms with van der Waals surface area (Å²) in [6.45, 7) is 0.721. The van der Waals surface area contributed by atoms with E-state index in [9.17, 15) is 8.42 Å². The van der Waals surface area contributed by atoms with Gasteiger partial charge in [0.25, 0.3) is 0 Å². The molecule has 8 heteroatoms. The van der Waals surface area contributed by atoms with Crippen LogP contribution in [-0.2, 0) is 10.0 Å². The fourth-order valence-electron chi connectivity index (χ4n) is 3.97. The Hall–Kier alpha value is -2.25. The van der Waals surface area contributed by atoms with Crippen LogP contribution in [0, 0.1) is 0 Å². The number of hydrogen-bond donors (Lipinski definition) is 0.